The molecule has 1 aromatic carbocycles. The SMILES string of the molecule is COC(=O)C(C)(NC1CCCCC1)c1cccc(F)c1. The molecule has 0 aromatic heterocycles. The number of halogens is 1. The molecule has 0 amide bonds. The normalized spacial score (nSPS) is 19.4. The molecular formula is C16H22FNO2. The first-order chi connectivity index (χ1) is 9.56. The molecule has 2 rings (SSSR count). The summed E-state index contributed by atoms with van der Waals surface area (Å²) in [4.78, 5) is 12.2. The van der Waals surface area contributed by atoms with Crippen LogP contribution in [-0.4, -0.2) is 19.1 Å². The number of rotatable bonds is 4. The molecule has 0 aliphatic heterocycles. The summed E-state index contributed by atoms with van der Waals surface area (Å²) in [5, 5.41) is 3.39. The highest BCUT2D eigenvalue weighted by Crippen LogP contribution is 2.27. The molecule has 1 unspecified atom stereocenters. The van der Waals surface area contributed by atoms with E-state index in [9.17, 15) is 9.18 Å². The van der Waals surface area contributed by atoms with Gasteiger partial charge in [-0.2, -0.15) is 0 Å². The van der Waals surface area contributed by atoms with E-state index < -0.39 is 5.54 Å². The Balaban J connectivity index is 2.27. The van der Waals surface area contributed by atoms with E-state index in [1.807, 2.05) is 0 Å². The van der Waals surface area contributed by atoms with Crippen LogP contribution in [0.4, 0.5) is 4.39 Å². The fraction of sp³-hybridized carbons (Fsp3) is 0.562. The van der Waals surface area contributed by atoms with E-state index in [0.717, 1.165) is 25.7 Å². The van der Waals surface area contributed by atoms with E-state index in [1.165, 1.54) is 25.7 Å². The van der Waals surface area contributed by atoms with Gasteiger partial charge in [0.15, 0.2) is 0 Å². The van der Waals surface area contributed by atoms with E-state index >= 15 is 0 Å². The molecule has 0 heterocycles. The fourth-order valence-corrected chi connectivity index (χ4v) is 2.92. The van der Waals surface area contributed by atoms with Crippen molar-refractivity contribution in [3.8, 4) is 0 Å². The van der Waals surface area contributed by atoms with Gasteiger partial charge in [-0.05, 0) is 37.5 Å². The van der Waals surface area contributed by atoms with E-state index in [1.54, 1.807) is 19.1 Å². The van der Waals surface area contributed by atoms with Crippen LogP contribution in [0.1, 0.15) is 44.6 Å². The lowest BCUT2D eigenvalue weighted by atomic mass is 9.87. The second-order valence-corrected chi connectivity index (χ2v) is 5.61. The van der Waals surface area contributed by atoms with Gasteiger partial charge in [-0.15, -0.1) is 0 Å². The highest BCUT2D eigenvalue weighted by Gasteiger charge is 2.38. The summed E-state index contributed by atoms with van der Waals surface area (Å²) in [6.07, 6.45) is 5.66. The molecule has 0 saturated heterocycles. The second kappa shape index (κ2) is 6.35. The molecule has 1 saturated carbocycles. The van der Waals surface area contributed by atoms with Crippen molar-refractivity contribution in [2.45, 2.75) is 50.6 Å². The molecule has 20 heavy (non-hydrogen) atoms. The molecule has 1 aliphatic rings. The van der Waals surface area contributed by atoms with E-state index in [-0.39, 0.29) is 17.8 Å². The zero-order valence-electron chi connectivity index (χ0n) is 12.1. The van der Waals surface area contributed by atoms with Gasteiger partial charge in [0.1, 0.15) is 11.4 Å². The third kappa shape index (κ3) is 3.18. The van der Waals surface area contributed by atoms with Gasteiger partial charge in [0.2, 0.25) is 0 Å². The third-order valence-electron chi connectivity index (χ3n) is 4.09. The minimum Gasteiger partial charge on any atom is -0.467 e. The minimum atomic E-state index is -1.00. The number of carbonyl (C=O) groups is 1. The molecule has 1 aliphatic carbocycles. The molecule has 1 atom stereocenters. The van der Waals surface area contributed by atoms with Gasteiger partial charge in [0, 0.05) is 6.04 Å². The van der Waals surface area contributed by atoms with Crippen molar-refractivity contribution in [2.75, 3.05) is 7.11 Å². The summed E-state index contributed by atoms with van der Waals surface area (Å²) in [6, 6.07) is 6.43. The van der Waals surface area contributed by atoms with Crippen molar-refractivity contribution < 1.29 is 13.9 Å². The Morgan fingerprint density at radius 2 is 2.05 bits per heavy atom. The smallest absolute Gasteiger partial charge is 0.330 e. The molecule has 0 radical (unpaired) electrons. The number of benzene rings is 1. The first kappa shape index (κ1) is 15.0. The third-order valence-corrected chi connectivity index (χ3v) is 4.09. The number of methoxy groups -OCH3 is 1. The Morgan fingerprint density at radius 1 is 1.35 bits per heavy atom. The summed E-state index contributed by atoms with van der Waals surface area (Å²) in [7, 11) is 1.36. The van der Waals surface area contributed by atoms with Gasteiger partial charge in [-0.25, -0.2) is 9.18 Å². The molecule has 1 aromatic rings. The molecule has 1 N–H and O–H groups in total. The predicted molar refractivity (Wildman–Crippen MR) is 75.8 cm³/mol. The first-order valence-corrected chi connectivity index (χ1v) is 7.18. The van der Waals surface area contributed by atoms with Crippen LogP contribution in [0.2, 0.25) is 0 Å². The minimum absolute atomic E-state index is 0.274. The van der Waals surface area contributed by atoms with Gasteiger partial charge in [-0.1, -0.05) is 31.4 Å². The zero-order valence-corrected chi connectivity index (χ0v) is 12.1. The Kier molecular flexibility index (Phi) is 4.76. The Labute approximate surface area is 119 Å². The summed E-state index contributed by atoms with van der Waals surface area (Å²) in [5.41, 5.74) is -0.395. The van der Waals surface area contributed by atoms with Gasteiger partial charge in [-0.3, -0.25) is 5.32 Å². The number of hydrogen-bond acceptors (Lipinski definition) is 3. The molecule has 0 bridgehead atoms. The van der Waals surface area contributed by atoms with Crippen molar-refractivity contribution in [1.82, 2.24) is 5.32 Å². The van der Waals surface area contributed by atoms with Gasteiger partial charge in [0.25, 0.3) is 0 Å². The van der Waals surface area contributed by atoms with Gasteiger partial charge < -0.3 is 4.74 Å². The van der Waals surface area contributed by atoms with Crippen molar-refractivity contribution in [3.63, 3.8) is 0 Å². The Bertz CT molecular complexity index is 471. The average molecular weight is 279 g/mol. The van der Waals surface area contributed by atoms with Gasteiger partial charge >= 0.3 is 5.97 Å². The first-order valence-electron chi connectivity index (χ1n) is 7.18. The van der Waals surface area contributed by atoms with E-state index in [2.05, 4.69) is 5.32 Å². The van der Waals surface area contributed by atoms with Crippen LogP contribution in [0.25, 0.3) is 0 Å². The maximum Gasteiger partial charge on any atom is 0.330 e. The van der Waals surface area contributed by atoms with Crippen LogP contribution in [0.15, 0.2) is 24.3 Å². The lowest BCUT2D eigenvalue weighted by molar-refractivity contribution is -0.149. The number of nitrogens with one attached hydrogen (secondary N) is 1. The largest absolute Gasteiger partial charge is 0.467 e. The van der Waals surface area contributed by atoms with E-state index in [4.69, 9.17) is 4.74 Å². The number of hydrogen-bond donors (Lipinski definition) is 1. The predicted octanol–water partition coefficient (Wildman–Crippen LogP) is 3.14. The van der Waals surface area contributed by atoms with Crippen LogP contribution >= 0.6 is 0 Å². The van der Waals surface area contributed by atoms with Crippen LogP contribution < -0.4 is 5.32 Å². The topological polar surface area (TPSA) is 38.3 Å². The standard InChI is InChI=1S/C16H22FNO2/c1-16(15(19)20-2,12-7-6-8-13(17)11-12)18-14-9-4-3-5-10-14/h6-8,11,14,18H,3-5,9-10H2,1-2H3. The number of carbonyl (C=O) groups excluding carboxylic acids is 1. The summed E-state index contributed by atoms with van der Waals surface area (Å²) >= 11 is 0. The monoisotopic (exact) mass is 279 g/mol. The van der Waals surface area contributed by atoms with Crippen LogP contribution in [0.3, 0.4) is 0 Å². The Hall–Kier alpha value is -1.42. The Morgan fingerprint density at radius 3 is 2.65 bits per heavy atom. The highest BCUT2D eigenvalue weighted by molar-refractivity contribution is 5.82. The summed E-state index contributed by atoms with van der Waals surface area (Å²) < 4.78 is 18.4. The lowest BCUT2D eigenvalue weighted by Gasteiger charge is -2.35. The summed E-state index contributed by atoms with van der Waals surface area (Å²) in [6.45, 7) is 1.77. The van der Waals surface area contributed by atoms with Gasteiger partial charge in [0.05, 0.1) is 7.11 Å². The molecular weight excluding hydrogens is 257 g/mol. The summed E-state index contributed by atoms with van der Waals surface area (Å²) in [5.74, 6) is -0.725. The molecule has 0 spiro atoms. The van der Waals surface area contributed by atoms with Crippen LogP contribution in [-0.2, 0) is 15.1 Å². The highest BCUT2D eigenvalue weighted by atomic mass is 19.1. The van der Waals surface area contributed by atoms with Crippen molar-refractivity contribution in [2.24, 2.45) is 0 Å². The average Bonchev–Trinajstić information content (AvgIpc) is 2.47. The fourth-order valence-electron chi connectivity index (χ4n) is 2.92. The molecule has 1 fully saturated rings. The lowest BCUT2D eigenvalue weighted by Crippen LogP contribution is -2.52. The maximum atomic E-state index is 13.5. The van der Waals surface area contributed by atoms with Crippen molar-refractivity contribution in [3.05, 3.63) is 35.6 Å². The number of esters is 1. The number of ether oxygens (including phenoxy) is 1. The zero-order chi connectivity index (χ0) is 14.6. The maximum absolute atomic E-state index is 13.5. The molecule has 110 valence electrons. The van der Waals surface area contributed by atoms with Crippen molar-refractivity contribution >= 4 is 5.97 Å². The van der Waals surface area contributed by atoms with Crippen molar-refractivity contribution in [1.29, 1.82) is 0 Å². The molecule has 4 heteroatoms. The second-order valence-electron chi connectivity index (χ2n) is 5.61. The van der Waals surface area contributed by atoms with Crippen LogP contribution in [0.5, 0.6) is 0 Å². The molecule has 3 nitrogen and oxygen atoms in total. The van der Waals surface area contributed by atoms with Crippen LogP contribution in [0, 0.1) is 5.82 Å². The van der Waals surface area contributed by atoms with E-state index in [0.29, 0.717) is 5.56 Å². The quantitative estimate of drug-likeness (QED) is 0.861.